The molecule has 1 aromatic heterocycles. The molecule has 7 rings (SSSR count). The Labute approximate surface area is 204 Å². The minimum Gasteiger partial charge on any atom is -0.387 e. The Morgan fingerprint density at radius 2 is 1.88 bits per heavy atom. The first-order chi connectivity index (χ1) is 15.9. The van der Waals surface area contributed by atoms with Gasteiger partial charge in [0.2, 0.25) is 0 Å². The first-order valence-electron chi connectivity index (χ1n) is 12.8. The second-order valence-corrected chi connectivity index (χ2v) is 12.4. The number of halogens is 1. The largest absolute Gasteiger partial charge is 0.387 e. The van der Waals surface area contributed by atoms with Crippen LogP contribution in [0, 0.1) is 23.2 Å². The minimum atomic E-state index is -0.761. The van der Waals surface area contributed by atoms with Gasteiger partial charge in [0, 0.05) is 47.7 Å². The molecular formula is C27H35BrN2O3. The van der Waals surface area contributed by atoms with Gasteiger partial charge in [0.25, 0.3) is 5.91 Å². The summed E-state index contributed by atoms with van der Waals surface area (Å²) in [6.45, 7) is 2.44. The Morgan fingerprint density at radius 1 is 1.15 bits per heavy atom. The van der Waals surface area contributed by atoms with E-state index in [1.807, 2.05) is 18.3 Å². The molecule has 4 bridgehead atoms. The average Bonchev–Trinajstić information content (AvgIpc) is 3.36. The van der Waals surface area contributed by atoms with Gasteiger partial charge in [-0.1, -0.05) is 22.0 Å². The van der Waals surface area contributed by atoms with Crippen LogP contribution in [0.3, 0.4) is 0 Å². The molecule has 0 spiro atoms. The Morgan fingerprint density at radius 3 is 2.55 bits per heavy atom. The number of nitrogens with one attached hydrogen (secondary N) is 1. The van der Waals surface area contributed by atoms with Gasteiger partial charge >= 0.3 is 0 Å². The van der Waals surface area contributed by atoms with E-state index >= 15 is 0 Å². The van der Waals surface area contributed by atoms with Crippen LogP contribution >= 0.6 is 15.9 Å². The highest BCUT2D eigenvalue weighted by Crippen LogP contribution is 2.61. The molecule has 6 heteroatoms. The fourth-order valence-electron chi connectivity index (χ4n) is 7.92. The molecule has 4 aliphatic carbocycles. The topological polar surface area (TPSA) is 63.5 Å². The number of hydrogen-bond acceptors (Lipinski definition) is 3. The number of carbonyl (C=O) groups is 1. The van der Waals surface area contributed by atoms with Crippen LogP contribution in [0.1, 0.15) is 68.1 Å². The quantitative estimate of drug-likeness (QED) is 0.528. The van der Waals surface area contributed by atoms with Crippen LogP contribution in [-0.4, -0.2) is 40.9 Å². The van der Waals surface area contributed by atoms with E-state index in [1.165, 1.54) is 38.5 Å². The van der Waals surface area contributed by atoms with Crippen molar-refractivity contribution in [3.63, 3.8) is 0 Å². The number of benzene rings is 1. The van der Waals surface area contributed by atoms with Crippen LogP contribution in [0.2, 0.25) is 0 Å². The highest BCUT2D eigenvalue weighted by Gasteiger charge is 2.50. The summed E-state index contributed by atoms with van der Waals surface area (Å²) >= 11 is 3.67. The third-order valence-electron chi connectivity index (χ3n) is 9.11. The lowest BCUT2D eigenvalue weighted by atomic mass is 9.49. The monoisotopic (exact) mass is 514 g/mol. The molecule has 2 N–H and O–H groups in total. The van der Waals surface area contributed by atoms with Crippen LogP contribution in [0.5, 0.6) is 0 Å². The van der Waals surface area contributed by atoms with Gasteiger partial charge in [0.15, 0.2) is 0 Å². The Bertz CT molecular complexity index is 1020. The number of carbonyl (C=O) groups excluding carboxylic acids is 1. The fourth-order valence-corrected chi connectivity index (χ4v) is 8.49. The number of hydrogen-bond donors (Lipinski definition) is 2. The number of nitrogens with zero attached hydrogens (tertiary/aromatic N) is 1. The average molecular weight is 515 g/mol. The number of amides is 1. The molecule has 2 heterocycles. The standard InChI is InChI=1S/C27H35BrN2O3/c28-22-2-1-3-23-24(22)21(16-30(23)8-5-27(32)6-9-33-17-27)25(31)29-7-4-26-13-18-10-19(14-26)12-20(11-18)15-26/h1-3,16,18-20,32H,4-15,17H2,(H,29,31). The third kappa shape index (κ3) is 4.17. The molecule has 5 nitrogen and oxygen atoms in total. The van der Waals surface area contributed by atoms with Crippen LogP contribution in [0.15, 0.2) is 28.9 Å². The Hall–Kier alpha value is -1.37. The molecule has 1 aromatic carbocycles. The van der Waals surface area contributed by atoms with Crippen molar-refractivity contribution in [2.75, 3.05) is 19.8 Å². The Balaban J connectivity index is 1.16. The van der Waals surface area contributed by atoms with Crippen molar-refractivity contribution in [3.8, 4) is 0 Å². The fraction of sp³-hybridized carbons (Fsp3) is 0.667. The number of aryl methyl sites for hydroxylation is 1. The maximum absolute atomic E-state index is 13.3. The summed E-state index contributed by atoms with van der Waals surface area (Å²) in [4.78, 5) is 13.3. The minimum absolute atomic E-state index is 0.0123. The number of aromatic nitrogens is 1. The van der Waals surface area contributed by atoms with E-state index in [2.05, 4.69) is 31.9 Å². The van der Waals surface area contributed by atoms with Gasteiger partial charge in [-0.2, -0.15) is 0 Å². The van der Waals surface area contributed by atoms with E-state index in [0.717, 1.165) is 51.7 Å². The summed E-state index contributed by atoms with van der Waals surface area (Å²) in [5, 5.41) is 14.9. The Kier molecular flexibility index (Phi) is 5.62. The first kappa shape index (κ1) is 22.1. The van der Waals surface area contributed by atoms with Gasteiger partial charge in [-0.05, 0) is 86.7 Å². The molecule has 1 aliphatic heterocycles. The molecule has 0 radical (unpaired) electrons. The van der Waals surface area contributed by atoms with E-state index in [0.29, 0.717) is 38.0 Å². The maximum atomic E-state index is 13.3. The van der Waals surface area contributed by atoms with Gasteiger partial charge in [0.05, 0.1) is 17.8 Å². The third-order valence-corrected chi connectivity index (χ3v) is 9.77. The van der Waals surface area contributed by atoms with E-state index in [1.54, 1.807) is 0 Å². The SMILES string of the molecule is O=C(NCCC12CC3CC(CC(C3)C1)C2)c1cn(CCC2(O)CCOC2)c2cccc(Br)c12. The normalized spacial score (nSPS) is 34.9. The number of rotatable bonds is 7. The zero-order chi connectivity index (χ0) is 22.6. The molecule has 5 fully saturated rings. The van der Waals surface area contributed by atoms with Crippen molar-refractivity contribution in [1.29, 1.82) is 0 Å². The van der Waals surface area contributed by atoms with Crippen LogP contribution in [0.25, 0.3) is 10.9 Å². The molecule has 1 amide bonds. The number of fused-ring (bicyclic) bond motifs is 1. The first-order valence-corrected chi connectivity index (χ1v) is 13.6. The van der Waals surface area contributed by atoms with Gasteiger partial charge < -0.3 is 19.7 Å². The lowest BCUT2D eigenvalue weighted by Gasteiger charge is -2.57. The van der Waals surface area contributed by atoms with Crippen molar-refractivity contribution in [2.45, 2.75) is 69.9 Å². The van der Waals surface area contributed by atoms with Crippen molar-refractivity contribution in [1.82, 2.24) is 9.88 Å². The molecule has 1 unspecified atom stereocenters. The zero-order valence-electron chi connectivity index (χ0n) is 19.3. The molecular weight excluding hydrogens is 480 g/mol. The molecule has 178 valence electrons. The van der Waals surface area contributed by atoms with Crippen LogP contribution in [-0.2, 0) is 11.3 Å². The summed E-state index contributed by atoms with van der Waals surface area (Å²) < 4.78 is 8.45. The van der Waals surface area contributed by atoms with Crippen LogP contribution < -0.4 is 5.32 Å². The predicted molar refractivity (Wildman–Crippen MR) is 132 cm³/mol. The number of ether oxygens (including phenoxy) is 1. The van der Waals surface area contributed by atoms with Gasteiger partial charge in [-0.3, -0.25) is 4.79 Å². The van der Waals surface area contributed by atoms with Gasteiger partial charge in [0.1, 0.15) is 0 Å². The summed E-state index contributed by atoms with van der Waals surface area (Å²) in [5.41, 5.74) is 1.47. The van der Waals surface area contributed by atoms with Gasteiger partial charge in [-0.15, -0.1) is 0 Å². The van der Waals surface area contributed by atoms with Crippen molar-refractivity contribution < 1.29 is 14.6 Å². The maximum Gasteiger partial charge on any atom is 0.253 e. The second kappa shape index (κ2) is 8.39. The highest BCUT2D eigenvalue weighted by atomic mass is 79.9. The summed E-state index contributed by atoms with van der Waals surface area (Å²) in [6, 6.07) is 6.06. The lowest BCUT2D eigenvalue weighted by molar-refractivity contribution is -0.0564. The van der Waals surface area contributed by atoms with E-state index in [-0.39, 0.29) is 5.91 Å². The van der Waals surface area contributed by atoms with E-state index in [4.69, 9.17) is 4.74 Å². The summed E-state index contributed by atoms with van der Waals surface area (Å²) in [5.74, 6) is 2.85. The van der Waals surface area contributed by atoms with Crippen molar-refractivity contribution >= 4 is 32.7 Å². The molecule has 4 saturated carbocycles. The van der Waals surface area contributed by atoms with E-state index < -0.39 is 5.60 Å². The van der Waals surface area contributed by atoms with Crippen LogP contribution in [0.4, 0.5) is 0 Å². The molecule has 1 atom stereocenters. The zero-order valence-corrected chi connectivity index (χ0v) is 20.9. The van der Waals surface area contributed by atoms with Crippen molar-refractivity contribution in [3.05, 3.63) is 34.4 Å². The molecule has 2 aromatic rings. The molecule has 5 aliphatic rings. The van der Waals surface area contributed by atoms with E-state index in [9.17, 15) is 9.90 Å². The highest BCUT2D eigenvalue weighted by molar-refractivity contribution is 9.10. The number of aliphatic hydroxyl groups is 1. The smallest absolute Gasteiger partial charge is 0.253 e. The second-order valence-electron chi connectivity index (χ2n) is 11.6. The molecule has 33 heavy (non-hydrogen) atoms. The van der Waals surface area contributed by atoms with Crippen molar-refractivity contribution in [2.24, 2.45) is 23.2 Å². The van der Waals surface area contributed by atoms with Gasteiger partial charge in [-0.25, -0.2) is 0 Å². The summed E-state index contributed by atoms with van der Waals surface area (Å²) in [6.07, 6.45) is 12.9. The summed E-state index contributed by atoms with van der Waals surface area (Å²) in [7, 11) is 0. The molecule has 1 saturated heterocycles. The lowest BCUT2D eigenvalue weighted by Crippen LogP contribution is -2.47. The predicted octanol–water partition coefficient (Wildman–Crippen LogP) is 5.28.